The first-order chi connectivity index (χ1) is 14.7. The Hall–Kier alpha value is -3.63. The van der Waals surface area contributed by atoms with Crippen LogP contribution >= 0.6 is 0 Å². The first-order valence-electron chi connectivity index (χ1n) is 9.99. The number of carbonyl (C=O) groups excluding carboxylic acids is 1. The molecule has 4 rings (SSSR count). The van der Waals surface area contributed by atoms with Gasteiger partial charge in [0.25, 0.3) is 0 Å². The molecule has 30 heavy (non-hydrogen) atoms. The summed E-state index contributed by atoms with van der Waals surface area (Å²) in [6.45, 7) is 3.86. The van der Waals surface area contributed by atoms with E-state index >= 15 is 0 Å². The minimum atomic E-state index is -0.180. The van der Waals surface area contributed by atoms with Crippen molar-refractivity contribution >= 4 is 6.03 Å². The minimum absolute atomic E-state index is 0.180. The number of aromatic nitrogens is 2. The van der Waals surface area contributed by atoms with E-state index in [1.54, 1.807) is 4.90 Å². The average molecular weight is 401 g/mol. The van der Waals surface area contributed by atoms with Crippen molar-refractivity contribution in [2.75, 3.05) is 26.2 Å². The van der Waals surface area contributed by atoms with Gasteiger partial charge in [-0.3, -0.25) is 4.90 Å². The molecule has 7 nitrogen and oxygen atoms in total. The highest BCUT2D eigenvalue weighted by Gasteiger charge is 2.21. The fourth-order valence-corrected chi connectivity index (χ4v) is 3.50. The van der Waals surface area contributed by atoms with Crippen LogP contribution in [-0.4, -0.2) is 51.8 Å². The summed E-state index contributed by atoms with van der Waals surface area (Å²) in [5, 5.41) is 12.9. The third-order valence-corrected chi connectivity index (χ3v) is 5.08. The molecule has 0 bridgehead atoms. The summed E-state index contributed by atoms with van der Waals surface area (Å²) in [6.07, 6.45) is 3.78. The van der Waals surface area contributed by atoms with E-state index in [1.807, 2.05) is 48.5 Å². The maximum absolute atomic E-state index is 12.6. The number of ether oxygens (including phenoxy) is 1. The molecule has 0 N–H and O–H groups in total. The molecule has 0 unspecified atom stereocenters. The number of hydrogen-bond donors (Lipinski definition) is 0. The molecular weight excluding hydrogens is 378 g/mol. The number of nitrogens with zero attached hydrogens (tertiary/aromatic N) is 5. The summed E-state index contributed by atoms with van der Waals surface area (Å²) in [7, 11) is 0. The van der Waals surface area contributed by atoms with Crippen LogP contribution in [0, 0.1) is 11.3 Å². The van der Waals surface area contributed by atoms with Crippen LogP contribution in [-0.2, 0) is 6.54 Å². The Morgan fingerprint density at radius 2 is 1.77 bits per heavy atom. The van der Waals surface area contributed by atoms with Crippen molar-refractivity contribution in [3.63, 3.8) is 0 Å². The molecule has 0 spiro atoms. The molecule has 1 fully saturated rings. The lowest BCUT2D eigenvalue weighted by atomic mass is 10.2. The van der Waals surface area contributed by atoms with Gasteiger partial charge in [0.2, 0.25) is 0 Å². The topological polar surface area (TPSA) is 74.4 Å². The molecule has 1 aliphatic rings. The van der Waals surface area contributed by atoms with Crippen molar-refractivity contribution in [2.24, 2.45) is 0 Å². The summed E-state index contributed by atoms with van der Waals surface area (Å²) in [5.74, 6) is 1.63. The number of amides is 1. The van der Waals surface area contributed by atoms with Gasteiger partial charge in [-0.2, -0.15) is 15.0 Å². The van der Waals surface area contributed by atoms with Crippen molar-refractivity contribution in [2.45, 2.75) is 13.0 Å². The van der Waals surface area contributed by atoms with Gasteiger partial charge in [0.1, 0.15) is 17.6 Å². The lowest BCUT2D eigenvalue weighted by Gasteiger charge is -2.21. The van der Waals surface area contributed by atoms with Gasteiger partial charge in [-0.1, -0.05) is 30.3 Å². The Bertz CT molecular complexity index is 1020. The maximum Gasteiger partial charge on any atom is 0.344 e. The Balaban J connectivity index is 1.31. The van der Waals surface area contributed by atoms with E-state index in [1.165, 1.54) is 22.6 Å². The molecule has 1 saturated heterocycles. The predicted molar refractivity (Wildman–Crippen MR) is 112 cm³/mol. The first-order valence-corrected chi connectivity index (χ1v) is 9.99. The van der Waals surface area contributed by atoms with E-state index in [9.17, 15) is 4.79 Å². The minimum Gasteiger partial charge on any atom is -0.457 e. The van der Waals surface area contributed by atoms with Crippen molar-refractivity contribution < 1.29 is 9.53 Å². The number of carbonyl (C=O) groups is 1. The normalized spacial score (nSPS) is 14.7. The number of benzene rings is 2. The van der Waals surface area contributed by atoms with Gasteiger partial charge in [-0.25, -0.2) is 4.79 Å². The number of para-hydroxylation sites is 1. The van der Waals surface area contributed by atoms with E-state index in [-0.39, 0.29) is 6.03 Å². The number of nitriles is 1. The van der Waals surface area contributed by atoms with Crippen molar-refractivity contribution in [3.05, 3.63) is 78.1 Å². The van der Waals surface area contributed by atoms with Crippen LogP contribution < -0.4 is 4.74 Å². The first kappa shape index (κ1) is 19.7. The van der Waals surface area contributed by atoms with Crippen molar-refractivity contribution in [1.82, 2.24) is 19.6 Å². The molecule has 1 aliphatic heterocycles. The largest absolute Gasteiger partial charge is 0.457 e. The third-order valence-electron chi connectivity index (χ3n) is 5.08. The fourth-order valence-electron chi connectivity index (χ4n) is 3.50. The molecule has 0 atom stereocenters. The van der Waals surface area contributed by atoms with Crippen LogP contribution in [0.15, 0.2) is 67.0 Å². The lowest BCUT2D eigenvalue weighted by Crippen LogP contribution is -2.38. The molecule has 0 radical (unpaired) electrons. The second kappa shape index (κ2) is 9.25. The summed E-state index contributed by atoms with van der Waals surface area (Å²) in [4.78, 5) is 16.8. The number of rotatable bonds is 4. The van der Waals surface area contributed by atoms with Gasteiger partial charge < -0.3 is 9.64 Å². The molecule has 3 aromatic rings. The highest BCUT2D eigenvalue weighted by atomic mass is 16.5. The summed E-state index contributed by atoms with van der Waals surface area (Å²) in [5.41, 5.74) is 1.60. The highest BCUT2D eigenvalue weighted by Crippen LogP contribution is 2.21. The SMILES string of the molecule is N#Cc1cnn(C(=O)N2CCCN(Cc3ccc(Oc4ccccc4)cc3)CC2)c1. The maximum atomic E-state index is 12.6. The Kier molecular flexibility index (Phi) is 6.06. The van der Waals surface area contributed by atoms with E-state index in [0.29, 0.717) is 18.7 Å². The molecule has 0 aliphatic carbocycles. The molecule has 1 amide bonds. The second-order valence-electron chi connectivity index (χ2n) is 7.24. The highest BCUT2D eigenvalue weighted by molar-refractivity contribution is 5.76. The zero-order valence-electron chi connectivity index (χ0n) is 16.6. The molecule has 1 aromatic heterocycles. The van der Waals surface area contributed by atoms with Crippen LogP contribution in [0.5, 0.6) is 11.5 Å². The van der Waals surface area contributed by atoms with Crippen LogP contribution in [0.2, 0.25) is 0 Å². The quantitative estimate of drug-likeness (QED) is 0.666. The fraction of sp³-hybridized carbons (Fsp3) is 0.261. The Morgan fingerprint density at radius 1 is 1.00 bits per heavy atom. The van der Waals surface area contributed by atoms with Crippen LogP contribution in [0.25, 0.3) is 0 Å². The van der Waals surface area contributed by atoms with E-state index in [4.69, 9.17) is 10.00 Å². The van der Waals surface area contributed by atoms with Crippen LogP contribution in [0.4, 0.5) is 4.79 Å². The smallest absolute Gasteiger partial charge is 0.344 e. The molecule has 0 saturated carbocycles. The second-order valence-corrected chi connectivity index (χ2v) is 7.24. The predicted octanol–water partition coefficient (Wildman–Crippen LogP) is 3.72. The number of hydrogen-bond acceptors (Lipinski definition) is 5. The van der Waals surface area contributed by atoms with E-state index < -0.39 is 0 Å². The monoisotopic (exact) mass is 401 g/mol. The van der Waals surface area contributed by atoms with Gasteiger partial charge in [-0.05, 0) is 36.2 Å². The van der Waals surface area contributed by atoms with Gasteiger partial charge in [-0.15, -0.1) is 0 Å². The lowest BCUT2D eigenvalue weighted by molar-refractivity contribution is 0.196. The van der Waals surface area contributed by atoms with Crippen LogP contribution in [0.3, 0.4) is 0 Å². The zero-order chi connectivity index (χ0) is 20.8. The molecule has 152 valence electrons. The summed E-state index contributed by atoms with van der Waals surface area (Å²) >= 11 is 0. The Labute approximate surface area is 175 Å². The van der Waals surface area contributed by atoms with Gasteiger partial charge in [0.15, 0.2) is 0 Å². The Morgan fingerprint density at radius 3 is 2.50 bits per heavy atom. The van der Waals surface area contributed by atoms with E-state index in [2.05, 4.69) is 22.1 Å². The average Bonchev–Trinajstić information content (AvgIpc) is 3.15. The molecule has 2 aromatic carbocycles. The zero-order valence-corrected chi connectivity index (χ0v) is 16.6. The van der Waals surface area contributed by atoms with Gasteiger partial charge >= 0.3 is 6.03 Å². The summed E-state index contributed by atoms with van der Waals surface area (Å²) < 4.78 is 7.10. The summed E-state index contributed by atoms with van der Waals surface area (Å²) in [6, 6.07) is 19.7. The van der Waals surface area contributed by atoms with Gasteiger partial charge in [0.05, 0.1) is 18.0 Å². The van der Waals surface area contributed by atoms with Crippen molar-refractivity contribution in [1.29, 1.82) is 5.26 Å². The molecule has 2 heterocycles. The molecule has 7 heteroatoms. The molecular formula is C23H23N5O2. The van der Waals surface area contributed by atoms with Gasteiger partial charge in [0, 0.05) is 32.7 Å². The standard InChI is InChI=1S/C23H23N5O2/c24-15-20-16-25-28(18-20)23(29)27-12-4-11-26(13-14-27)17-19-7-9-22(10-8-19)30-21-5-2-1-3-6-21/h1-3,5-10,16,18H,4,11-14,17H2. The third kappa shape index (κ3) is 4.85. The van der Waals surface area contributed by atoms with Crippen LogP contribution in [0.1, 0.15) is 17.5 Å². The van der Waals surface area contributed by atoms with E-state index in [0.717, 1.165) is 37.6 Å². The van der Waals surface area contributed by atoms with Crippen molar-refractivity contribution in [3.8, 4) is 17.6 Å².